The number of amides is 1. The zero-order valence-electron chi connectivity index (χ0n) is 18.9. The second-order valence-electron chi connectivity index (χ2n) is 9.30. The van der Waals surface area contributed by atoms with Crippen molar-refractivity contribution in [1.82, 2.24) is 4.98 Å². The topological polar surface area (TPSA) is 54.5 Å². The number of rotatable bonds is 3. The number of anilines is 2. The smallest absolute Gasteiger partial charge is 0.411 e. The Labute approximate surface area is 189 Å². The van der Waals surface area contributed by atoms with Gasteiger partial charge in [0.2, 0.25) is 0 Å². The first-order valence-corrected chi connectivity index (χ1v) is 11.2. The molecule has 2 aliphatic rings. The van der Waals surface area contributed by atoms with E-state index >= 15 is 0 Å². The van der Waals surface area contributed by atoms with Gasteiger partial charge in [-0.1, -0.05) is 50.2 Å². The van der Waals surface area contributed by atoms with Crippen LogP contribution in [0.1, 0.15) is 48.9 Å². The summed E-state index contributed by atoms with van der Waals surface area (Å²) < 4.78 is 4.91. The summed E-state index contributed by atoms with van der Waals surface area (Å²) in [6.45, 7) is 6.64. The molecule has 5 rings (SSSR count). The van der Waals surface area contributed by atoms with Crippen LogP contribution in [0.4, 0.5) is 16.2 Å². The van der Waals surface area contributed by atoms with Crippen LogP contribution in [0.2, 0.25) is 0 Å². The standard InChI is InChI=1S/C27H29N3O2/c1-26(19-8-5-4-6-9-19)11-14-30-15-12-27(2,20-10-7-13-28-18-20)23-17-21(29-25(31)32-3)16-22(26)24(23)30/h4-10,13,16-18H,11-12,14-15H2,1-3H3,(H,29,31). The molecule has 0 fully saturated rings. The molecule has 5 heteroatoms. The number of methoxy groups -OCH3 is 1. The third-order valence-electron chi connectivity index (χ3n) is 7.52. The molecule has 2 aromatic carbocycles. The summed E-state index contributed by atoms with van der Waals surface area (Å²) in [4.78, 5) is 19.1. The molecule has 3 heterocycles. The number of nitrogens with zero attached hydrogens (tertiary/aromatic N) is 2. The summed E-state index contributed by atoms with van der Waals surface area (Å²) in [5.41, 5.74) is 6.72. The zero-order chi connectivity index (χ0) is 22.3. The number of pyridine rings is 1. The summed E-state index contributed by atoms with van der Waals surface area (Å²) in [5.74, 6) is 0. The number of benzene rings is 2. The van der Waals surface area contributed by atoms with Crippen molar-refractivity contribution in [2.45, 2.75) is 37.5 Å². The molecule has 32 heavy (non-hydrogen) atoms. The largest absolute Gasteiger partial charge is 0.453 e. The van der Waals surface area contributed by atoms with Crippen LogP contribution in [0.3, 0.4) is 0 Å². The maximum absolute atomic E-state index is 12.1. The van der Waals surface area contributed by atoms with E-state index < -0.39 is 6.09 Å². The Morgan fingerprint density at radius 3 is 2.19 bits per heavy atom. The fourth-order valence-electron chi connectivity index (χ4n) is 5.47. The number of aromatic nitrogens is 1. The summed E-state index contributed by atoms with van der Waals surface area (Å²) in [6, 6.07) is 19.1. The number of hydrogen-bond donors (Lipinski definition) is 1. The van der Waals surface area contributed by atoms with Crippen molar-refractivity contribution < 1.29 is 9.53 Å². The van der Waals surface area contributed by atoms with Crippen LogP contribution in [0.25, 0.3) is 0 Å². The van der Waals surface area contributed by atoms with Gasteiger partial charge in [0.05, 0.1) is 7.11 Å². The van der Waals surface area contributed by atoms with E-state index in [0.717, 1.165) is 31.6 Å². The van der Waals surface area contributed by atoms with Crippen molar-refractivity contribution >= 4 is 17.5 Å². The van der Waals surface area contributed by atoms with E-state index in [1.54, 1.807) is 0 Å². The lowest BCUT2D eigenvalue weighted by molar-refractivity contribution is 0.187. The minimum absolute atomic E-state index is 0.150. The van der Waals surface area contributed by atoms with Gasteiger partial charge in [-0.05, 0) is 53.3 Å². The lowest BCUT2D eigenvalue weighted by atomic mass is 9.64. The van der Waals surface area contributed by atoms with Gasteiger partial charge in [0, 0.05) is 47.7 Å². The number of nitrogens with one attached hydrogen (secondary N) is 1. The molecular formula is C27H29N3O2. The van der Waals surface area contributed by atoms with Crippen molar-refractivity contribution in [3.63, 3.8) is 0 Å². The molecular weight excluding hydrogens is 398 g/mol. The average Bonchev–Trinajstić information content (AvgIpc) is 2.84. The Morgan fingerprint density at radius 1 is 0.969 bits per heavy atom. The van der Waals surface area contributed by atoms with Gasteiger partial charge in [-0.15, -0.1) is 0 Å². The predicted octanol–water partition coefficient (Wildman–Crippen LogP) is 5.49. The monoisotopic (exact) mass is 427 g/mol. The van der Waals surface area contributed by atoms with Crippen LogP contribution in [-0.2, 0) is 15.6 Å². The molecule has 0 saturated carbocycles. The first-order chi connectivity index (χ1) is 15.5. The van der Waals surface area contributed by atoms with Gasteiger partial charge in [-0.3, -0.25) is 10.3 Å². The molecule has 1 N–H and O–H groups in total. The summed E-state index contributed by atoms with van der Waals surface area (Å²) in [6.07, 6.45) is 5.36. The molecule has 2 aliphatic heterocycles. The first kappa shape index (κ1) is 20.6. The molecule has 2 atom stereocenters. The highest BCUT2D eigenvalue weighted by molar-refractivity contribution is 5.87. The van der Waals surface area contributed by atoms with E-state index in [4.69, 9.17) is 4.74 Å². The van der Waals surface area contributed by atoms with Crippen LogP contribution < -0.4 is 10.2 Å². The van der Waals surface area contributed by atoms with E-state index in [1.807, 2.05) is 18.5 Å². The number of hydrogen-bond acceptors (Lipinski definition) is 4. The molecule has 164 valence electrons. The second-order valence-corrected chi connectivity index (χ2v) is 9.30. The van der Waals surface area contributed by atoms with Gasteiger partial charge in [0.25, 0.3) is 0 Å². The Bertz CT molecular complexity index is 1070. The van der Waals surface area contributed by atoms with Crippen LogP contribution in [0, 0.1) is 0 Å². The molecule has 0 bridgehead atoms. The van der Waals surface area contributed by atoms with E-state index in [9.17, 15) is 4.79 Å². The first-order valence-electron chi connectivity index (χ1n) is 11.2. The van der Waals surface area contributed by atoms with Crippen molar-refractivity contribution in [2.24, 2.45) is 0 Å². The third kappa shape index (κ3) is 3.15. The molecule has 3 aromatic rings. The maximum Gasteiger partial charge on any atom is 0.411 e. The highest BCUT2D eigenvalue weighted by Gasteiger charge is 2.45. The number of carbonyl (C=O) groups excluding carboxylic acids is 1. The van der Waals surface area contributed by atoms with Crippen LogP contribution >= 0.6 is 0 Å². The Hall–Kier alpha value is -3.34. The molecule has 0 saturated heterocycles. The van der Waals surface area contributed by atoms with Gasteiger partial charge in [0.1, 0.15) is 0 Å². The van der Waals surface area contributed by atoms with Gasteiger partial charge in [-0.25, -0.2) is 4.79 Å². The molecule has 2 unspecified atom stereocenters. The van der Waals surface area contributed by atoms with Crippen molar-refractivity contribution in [2.75, 3.05) is 30.4 Å². The van der Waals surface area contributed by atoms with Crippen molar-refractivity contribution in [3.05, 3.63) is 89.2 Å². The van der Waals surface area contributed by atoms with Gasteiger partial charge >= 0.3 is 6.09 Å². The second kappa shape index (κ2) is 7.66. The molecule has 0 radical (unpaired) electrons. The summed E-state index contributed by atoms with van der Waals surface area (Å²) >= 11 is 0. The highest BCUT2D eigenvalue weighted by Crippen LogP contribution is 2.53. The highest BCUT2D eigenvalue weighted by atomic mass is 16.5. The van der Waals surface area contributed by atoms with Gasteiger partial charge < -0.3 is 9.64 Å². The SMILES string of the molecule is COC(=O)Nc1cc2c3c(c1)C(C)(c1cccnc1)CCN3CCC2(C)c1ccccc1. The summed E-state index contributed by atoms with van der Waals surface area (Å²) in [5, 5.41) is 2.94. The fourth-order valence-corrected chi connectivity index (χ4v) is 5.47. The van der Waals surface area contributed by atoms with Crippen LogP contribution in [-0.4, -0.2) is 31.3 Å². The normalized spacial score (nSPS) is 23.9. The number of ether oxygens (including phenoxy) is 1. The predicted molar refractivity (Wildman–Crippen MR) is 128 cm³/mol. The minimum Gasteiger partial charge on any atom is -0.453 e. The van der Waals surface area contributed by atoms with Gasteiger partial charge in [0.15, 0.2) is 0 Å². The molecule has 1 amide bonds. The van der Waals surface area contributed by atoms with E-state index in [1.165, 1.54) is 35.1 Å². The third-order valence-corrected chi connectivity index (χ3v) is 7.52. The Kier molecular flexibility index (Phi) is 4.92. The minimum atomic E-state index is -0.454. The molecule has 0 spiro atoms. The molecule has 1 aromatic heterocycles. The van der Waals surface area contributed by atoms with E-state index in [0.29, 0.717) is 0 Å². The van der Waals surface area contributed by atoms with Crippen molar-refractivity contribution in [3.8, 4) is 0 Å². The average molecular weight is 428 g/mol. The molecule has 0 aliphatic carbocycles. The lowest BCUT2D eigenvalue weighted by Gasteiger charge is -2.50. The van der Waals surface area contributed by atoms with Crippen LogP contribution in [0.15, 0.2) is 67.0 Å². The fraction of sp³-hybridized carbons (Fsp3) is 0.333. The van der Waals surface area contributed by atoms with Crippen molar-refractivity contribution in [1.29, 1.82) is 0 Å². The quantitative estimate of drug-likeness (QED) is 0.601. The zero-order valence-corrected chi connectivity index (χ0v) is 18.9. The van der Waals surface area contributed by atoms with E-state index in [2.05, 4.69) is 77.6 Å². The van der Waals surface area contributed by atoms with Gasteiger partial charge in [-0.2, -0.15) is 0 Å². The lowest BCUT2D eigenvalue weighted by Crippen LogP contribution is -2.47. The maximum atomic E-state index is 12.1. The number of carbonyl (C=O) groups is 1. The van der Waals surface area contributed by atoms with Crippen LogP contribution in [0.5, 0.6) is 0 Å². The Balaban J connectivity index is 1.77. The Morgan fingerprint density at radius 2 is 1.59 bits per heavy atom. The summed E-state index contributed by atoms with van der Waals surface area (Å²) in [7, 11) is 1.40. The van der Waals surface area contributed by atoms with E-state index in [-0.39, 0.29) is 10.8 Å². The molecule has 5 nitrogen and oxygen atoms in total.